The van der Waals surface area contributed by atoms with Gasteiger partial charge in [-0.15, -0.1) is 0 Å². The van der Waals surface area contributed by atoms with E-state index in [0.717, 1.165) is 26.2 Å². The van der Waals surface area contributed by atoms with Crippen LogP contribution in [0.1, 0.15) is 40.0 Å². The molecule has 1 aliphatic rings. The molecule has 0 aromatic heterocycles. The van der Waals surface area contributed by atoms with Crippen LogP contribution in [0.25, 0.3) is 0 Å². The van der Waals surface area contributed by atoms with Crippen molar-refractivity contribution in [1.82, 2.24) is 10.2 Å². The Morgan fingerprint density at radius 1 is 1.35 bits per heavy atom. The number of hydrogen-bond acceptors (Lipinski definition) is 3. The van der Waals surface area contributed by atoms with Gasteiger partial charge in [-0.05, 0) is 52.2 Å². The molecule has 3 nitrogen and oxygen atoms in total. The van der Waals surface area contributed by atoms with Crippen molar-refractivity contribution in [2.45, 2.75) is 52.2 Å². The summed E-state index contributed by atoms with van der Waals surface area (Å²) in [5.41, 5.74) is 0. The summed E-state index contributed by atoms with van der Waals surface area (Å²) in [6, 6.07) is 0.611. The maximum atomic E-state index is 5.80. The zero-order valence-electron chi connectivity index (χ0n) is 12.0. The fourth-order valence-electron chi connectivity index (χ4n) is 2.42. The fourth-order valence-corrected chi connectivity index (χ4v) is 2.42. The SMILES string of the molecule is CCNCC(C)C(C)N(C)CC1CCCCO1. The lowest BCUT2D eigenvalue weighted by molar-refractivity contribution is -0.0106. The Hall–Kier alpha value is -0.120. The second-order valence-electron chi connectivity index (χ2n) is 5.45. The molecule has 0 amide bonds. The van der Waals surface area contributed by atoms with E-state index in [0.29, 0.717) is 18.1 Å². The van der Waals surface area contributed by atoms with Crippen molar-refractivity contribution < 1.29 is 4.74 Å². The minimum atomic E-state index is 0.461. The lowest BCUT2D eigenvalue weighted by Gasteiger charge is -2.34. The summed E-state index contributed by atoms with van der Waals surface area (Å²) in [6.07, 6.45) is 4.27. The Morgan fingerprint density at radius 3 is 2.71 bits per heavy atom. The van der Waals surface area contributed by atoms with E-state index in [1.165, 1.54) is 19.3 Å². The van der Waals surface area contributed by atoms with Crippen LogP contribution in [0.5, 0.6) is 0 Å². The minimum Gasteiger partial charge on any atom is -0.377 e. The summed E-state index contributed by atoms with van der Waals surface area (Å²) < 4.78 is 5.80. The first-order valence-electron chi connectivity index (χ1n) is 7.17. The van der Waals surface area contributed by atoms with Gasteiger partial charge in [-0.2, -0.15) is 0 Å². The quantitative estimate of drug-likeness (QED) is 0.740. The van der Waals surface area contributed by atoms with E-state index < -0.39 is 0 Å². The Balaban J connectivity index is 2.26. The molecule has 0 aromatic carbocycles. The Bertz CT molecular complexity index is 193. The van der Waals surface area contributed by atoms with Crippen LogP contribution in [0, 0.1) is 5.92 Å². The van der Waals surface area contributed by atoms with Crippen LogP contribution in [0.2, 0.25) is 0 Å². The number of ether oxygens (including phenoxy) is 1. The fraction of sp³-hybridized carbons (Fsp3) is 1.00. The molecule has 1 N–H and O–H groups in total. The molecule has 0 saturated carbocycles. The van der Waals surface area contributed by atoms with Gasteiger partial charge < -0.3 is 15.0 Å². The van der Waals surface area contributed by atoms with Crippen molar-refractivity contribution in [2.24, 2.45) is 5.92 Å². The van der Waals surface area contributed by atoms with Gasteiger partial charge >= 0.3 is 0 Å². The monoisotopic (exact) mass is 242 g/mol. The van der Waals surface area contributed by atoms with Crippen molar-refractivity contribution in [3.05, 3.63) is 0 Å². The summed E-state index contributed by atoms with van der Waals surface area (Å²) in [5.74, 6) is 0.684. The van der Waals surface area contributed by atoms with Crippen molar-refractivity contribution in [3.8, 4) is 0 Å². The van der Waals surface area contributed by atoms with Gasteiger partial charge in [0.1, 0.15) is 0 Å². The predicted molar refractivity (Wildman–Crippen MR) is 73.4 cm³/mol. The molecule has 0 radical (unpaired) electrons. The third-order valence-electron chi connectivity index (χ3n) is 4.00. The number of rotatable bonds is 7. The summed E-state index contributed by atoms with van der Waals surface area (Å²) in [4.78, 5) is 2.46. The van der Waals surface area contributed by atoms with Crippen molar-refractivity contribution in [2.75, 3.05) is 33.3 Å². The predicted octanol–water partition coefficient (Wildman–Crippen LogP) is 2.12. The average molecular weight is 242 g/mol. The van der Waals surface area contributed by atoms with Gasteiger partial charge in [0, 0.05) is 19.2 Å². The third-order valence-corrected chi connectivity index (χ3v) is 4.00. The zero-order valence-corrected chi connectivity index (χ0v) is 12.0. The first-order valence-corrected chi connectivity index (χ1v) is 7.17. The lowest BCUT2D eigenvalue weighted by Crippen LogP contribution is -2.43. The number of nitrogens with one attached hydrogen (secondary N) is 1. The van der Waals surface area contributed by atoms with Crippen LogP contribution in [0.3, 0.4) is 0 Å². The highest BCUT2D eigenvalue weighted by Gasteiger charge is 2.21. The molecule has 1 saturated heterocycles. The van der Waals surface area contributed by atoms with E-state index in [1.54, 1.807) is 0 Å². The van der Waals surface area contributed by atoms with Crippen molar-refractivity contribution in [1.29, 1.82) is 0 Å². The van der Waals surface area contributed by atoms with Crippen LogP contribution in [0.4, 0.5) is 0 Å². The molecule has 3 atom stereocenters. The van der Waals surface area contributed by atoms with Gasteiger partial charge in [-0.25, -0.2) is 0 Å². The lowest BCUT2D eigenvalue weighted by atomic mass is 10.0. The summed E-state index contributed by atoms with van der Waals surface area (Å²) in [5, 5.41) is 3.43. The number of hydrogen-bond donors (Lipinski definition) is 1. The molecule has 1 rings (SSSR count). The summed E-state index contributed by atoms with van der Waals surface area (Å²) in [7, 11) is 2.23. The van der Waals surface area contributed by atoms with Crippen LogP contribution in [-0.4, -0.2) is 50.3 Å². The maximum Gasteiger partial charge on any atom is 0.0702 e. The summed E-state index contributed by atoms with van der Waals surface area (Å²) >= 11 is 0. The zero-order chi connectivity index (χ0) is 12.7. The Morgan fingerprint density at radius 2 is 2.12 bits per heavy atom. The standard InChI is InChI=1S/C14H30N2O/c1-5-15-10-12(2)13(3)16(4)11-14-8-6-7-9-17-14/h12-15H,5-11H2,1-4H3. The minimum absolute atomic E-state index is 0.461. The van der Waals surface area contributed by atoms with E-state index >= 15 is 0 Å². The molecular weight excluding hydrogens is 212 g/mol. The van der Waals surface area contributed by atoms with Crippen LogP contribution >= 0.6 is 0 Å². The molecule has 3 unspecified atom stereocenters. The second kappa shape index (κ2) is 8.06. The van der Waals surface area contributed by atoms with E-state index in [4.69, 9.17) is 4.74 Å². The van der Waals surface area contributed by atoms with Crippen LogP contribution < -0.4 is 5.32 Å². The highest BCUT2D eigenvalue weighted by Crippen LogP contribution is 2.16. The van der Waals surface area contributed by atoms with Gasteiger partial charge in [0.25, 0.3) is 0 Å². The smallest absolute Gasteiger partial charge is 0.0702 e. The molecule has 0 spiro atoms. The molecule has 1 fully saturated rings. The maximum absolute atomic E-state index is 5.80. The van der Waals surface area contributed by atoms with Gasteiger partial charge in [0.2, 0.25) is 0 Å². The van der Waals surface area contributed by atoms with E-state index in [-0.39, 0.29) is 0 Å². The molecule has 0 aromatic rings. The van der Waals surface area contributed by atoms with Gasteiger partial charge in [-0.1, -0.05) is 13.8 Å². The second-order valence-corrected chi connectivity index (χ2v) is 5.45. The van der Waals surface area contributed by atoms with Gasteiger partial charge in [0.15, 0.2) is 0 Å². The van der Waals surface area contributed by atoms with Crippen molar-refractivity contribution in [3.63, 3.8) is 0 Å². The molecule has 17 heavy (non-hydrogen) atoms. The largest absolute Gasteiger partial charge is 0.377 e. The van der Waals surface area contributed by atoms with Crippen molar-refractivity contribution >= 4 is 0 Å². The van der Waals surface area contributed by atoms with E-state index in [9.17, 15) is 0 Å². The Labute approximate surface area is 107 Å². The average Bonchev–Trinajstić information content (AvgIpc) is 2.36. The number of nitrogens with zero attached hydrogens (tertiary/aromatic N) is 1. The van der Waals surface area contributed by atoms with Gasteiger partial charge in [0.05, 0.1) is 6.10 Å². The Kier molecular flexibility index (Phi) is 7.09. The normalized spacial score (nSPS) is 24.9. The molecule has 3 heteroatoms. The first-order chi connectivity index (χ1) is 8.15. The highest BCUT2D eigenvalue weighted by atomic mass is 16.5. The van der Waals surface area contributed by atoms with Gasteiger partial charge in [-0.3, -0.25) is 0 Å². The van der Waals surface area contributed by atoms with E-state index in [1.807, 2.05) is 0 Å². The van der Waals surface area contributed by atoms with Crippen LogP contribution in [-0.2, 0) is 4.74 Å². The first kappa shape index (κ1) is 14.9. The number of likely N-dealkylation sites (N-methyl/N-ethyl adjacent to an activating group) is 1. The highest BCUT2D eigenvalue weighted by molar-refractivity contribution is 4.75. The third kappa shape index (κ3) is 5.36. The molecule has 1 aliphatic heterocycles. The molecule has 0 aliphatic carbocycles. The molecule has 0 bridgehead atoms. The molecular formula is C14H30N2O. The van der Waals surface area contributed by atoms with E-state index in [2.05, 4.69) is 38.0 Å². The molecule has 1 heterocycles. The molecule has 102 valence electrons. The van der Waals surface area contributed by atoms with Crippen LogP contribution in [0.15, 0.2) is 0 Å². The topological polar surface area (TPSA) is 24.5 Å². The summed E-state index contributed by atoms with van der Waals surface area (Å²) in [6.45, 7) is 11.0.